The fourth-order valence-electron chi connectivity index (χ4n) is 6.55. The summed E-state index contributed by atoms with van der Waals surface area (Å²) in [7, 11) is 1.90. The van der Waals surface area contributed by atoms with Crippen LogP contribution in [0.25, 0.3) is 22.3 Å². The van der Waals surface area contributed by atoms with Gasteiger partial charge in [0.25, 0.3) is 0 Å². The number of amides is 2. The van der Waals surface area contributed by atoms with E-state index in [1.165, 1.54) is 0 Å². The van der Waals surface area contributed by atoms with E-state index < -0.39 is 11.1 Å². The molecule has 1 aromatic carbocycles. The molecule has 2 fully saturated rings. The topological polar surface area (TPSA) is 109 Å². The minimum absolute atomic E-state index is 0.0214. The first kappa shape index (κ1) is 28.5. The Morgan fingerprint density at radius 3 is 2.40 bits per heavy atom. The average molecular weight is 561 g/mol. The molecule has 0 bridgehead atoms. The molecule has 2 heterocycles. The second kappa shape index (κ2) is 11.4. The van der Waals surface area contributed by atoms with Gasteiger partial charge in [0.05, 0.1) is 5.60 Å². The summed E-state index contributed by atoms with van der Waals surface area (Å²) >= 11 is 1.63. The Labute approximate surface area is 240 Å². The number of anilines is 1. The highest BCUT2D eigenvalue weighted by Gasteiger charge is 2.49. The number of aromatic nitrogens is 1. The molecule has 2 amide bonds. The highest BCUT2D eigenvalue weighted by molar-refractivity contribution is 7.08. The number of pyridine rings is 1. The molecule has 0 spiro atoms. The third-order valence-electron chi connectivity index (χ3n) is 8.70. The molecule has 40 heavy (non-hydrogen) atoms. The van der Waals surface area contributed by atoms with Crippen LogP contribution < -0.4 is 11.1 Å². The zero-order valence-electron chi connectivity index (χ0n) is 23.7. The smallest absolute Gasteiger partial charge is 0.225 e. The van der Waals surface area contributed by atoms with Crippen molar-refractivity contribution in [3.63, 3.8) is 0 Å². The van der Waals surface area contributed by atoms with Crippen molar-refractivity contribution < 1.29 is 14.7 Å². The normalized spacial score (nSPS) is 26.1. The number of nitrogens with zero attached hydrogens (tertiary/aromatic N) is 2. The Morgan fingerprint density at radius 2 is 1.80 bits per heavy atom. The van der Waals surface area contributed by atoms with Crippen LogP contribution in [0.2, 0.25) is 0 Å². The maximum absolute atomic E-state index is 13.0. The monoisotopic (exact) mass is 560 g/mol. The van der Waals surface area contributed by atoms with Crippen molar-refractivity contribution in [1.82, 2.24) is 9.88 Å². The van der Waals surface area contributed by atoms with Crippen LogP contribution in [0.1, 0.15) is 70.8 Å². The van der Waals surface area contributed by atoms with Crippen LogP contribution in [-0.2, 0) is 15.1 Å². The molecule has 0 aliphatic heterocycles. The van der Waals surface area contributed by atoms with Gasteiger partial charge >= 0.3 is 0 Å². The second-order valence-electron chi connectivity index (χ2n) is 12.0. The van der Waals surface area contributed by atoms with Gasteiger partial charge in [0.15, 0.2) is 0 Å². The van der Waals surface area contributed by atoms with E-state index in [0.29, 0.717) is 37.4 Å². The second-order valence-corrected chi connectivity index (χ2v) is 12.8. The number of benzene rings is 1. The van der Waals surface area contributed by atoms with E-state index in [1.807, 2.05) is 55.6 Å². The molecule has 212 valence electrons. The number of nitrogens with one attached hydrogen (secondary N) is 1. The van der Waals surface area contributed by atoms with Crippen LogP contribution in [-0.4, -0.2) is 45.5 Å². The van der Waals surface area contributed by atoms with E-state index in [4.69, 9.17) is 5.73 Å². The third kappa shape index (κ3) is 6.14. The molecule has 4 N–H and O–H groups in total. The first-order valence-electron chi connectivity index (χ1n) is 14.3. The minimum atomic E-state index is -0.699. The van der Waals surface area contributed by atoms with E-state index in [2.05, 4.69) is 33.9 Å². The van der Waals surface area contributed by atoms with Crippen molar-refractivity contribution in [2.45, 2.75) is 82.4 Å². The molecule has 2 aliphatic carbocycles. The van der Waals surface area contributed by atoms with Crippen LogP contribution in [0.15, 0.2) is 53.4 Å². The fourth-order valence-corrected chi connectivity index (χ4v) is 7.20. The maximum Gasteiger partial charge on any atom is 0.225 e. The Hall–Kier alpha value is -3.07. The van der Waals surface area contributed by atoms with Crippen LogP contribution in [0.3, 0.4) is 0 Å². The van der Waals surface area contributed by atoms with Crippen molar-refractivity contribution in [1.29, 1.82) is 0 Å². The summed E-state index contributed by atoms with van der Waals surface area (Å²) in [5.74, 6) is 1.03. The number of hydrogen-bond donors (Lipinski definition) is 3. The van der Waals surface area contributed by atoms with Gasteiger partial charge in [-0.2, -0.15) is 11.3 Å². The van der Waals surface area contributed by atoms with Crippen molar-refractivity contribution in [2.24, 2.45) is 11.7 Å². The predicted molar refractivity (Wildman–Crippen MR) is 161 cm³/mol. The lowest BCUT2D eigenvalue weighted by atomic mass is 9.63. The zero-order chi connectivity index (χ0) is 28.5. The zero-order valence-corrected chi connectivity index (χ0v) is 24.5. The molecular weight excluding hydrogens is 520 g/mol. The first-order chi connectivity index (χ1) is 19.1. The lowest BCUT2D eigenvalue weighted by molar-refractivity contribution is -0.132. The van der Waals surface area contributed by atoms with E-state index in [9.17, 15) is 14.7 Å². The number of aliphatic hydroxyl groups is 1. The molecule has 8 heteroatoms. The summed E-state index contributed by atoms with van der Waals surface area (Å²) in [6.07, 6.45) is 7.70. The van der Waals surface area contributed by atoms with Crippen molar-refractivity contribution in [3.8, 4) is 22.3 Å². The molecule has 0 radical (unpaired) electrons. The summed E-state index contributed by atoms with van der Waals surface area (Å²) in [6, 6.07) is 12.5. The van der Waals surface area contributed by atoms with Gasteiger partial charge in [0, 0.05) is 43.2 Å². The number of hydrogen-bond acceptors (Lipinski definition) is 6. The van der Waals surface area contributed by atoms with Crippen molar-refractivity contribution in [2.75, 3.05) is 12.4 Å². The van der Waals surface area contributed by atoms with Gasteiger partial charge in [-0.3, -0.25) is 9.59 Å². The quantitative estimate of drug-likeness (QED) is 0.316. The first-order valence-corrected chi connectivity index (χ1v) is 15.2. The summed E-state index contributed by atoms with van der Waals surface area (Å²) < 4.78 is 0. The fraction of sp³-hybridized carbons (Fsp3) is 0.469. The molecule has 0 saturated heterocycles. The van der Waals surface area contributed by atoms with Crippen molar-refractivity contribution >= 4 is 29.0 Å². The van der Waals surface area contributed by atoms with Crippen LogP contribution >= 0.6 is 11.3 Å². The van der Waals surface area contributed by atoms with Gasteiger partial charge in [-0.05, 0) is 96.5 Å². The highest BCUT2D eigenvalue weighted by atomic mass is 32.1. The largest absolute Gasteiger partial charge is 0.390 e. The highest BCUT2D eigenvalue weighted by Crippen LogP contribution is 2.46. The van der Waals surface area contributed by atoms with Gasteiger partial charge in [-0.1, -0.05) is 31.2 Å². The van der Waals surface area contributed by atoms with Gasteiger partial charge < -0.3 is 21.1 Å². The average Bonchev–Trinajstić information content (AvgIpc) is 3.46. The number of carbonyl (C=O) groups is 2. The summed E-state index contributed by atoms with van der Waals surface area (Å²) in [5, 5.41) is 17.4. The molecule has 3 aromatic rings. The van der Waals surface area contributed by atoms with E-state index >= 15 is 0 Å². The van der Waals surface area contributed by atoms with Crippen LogP contribution in [0, 0.1) is 5.92 Å². The SMILES string of the molecule is CCC(=O)N(C)C1CCC(CC(=O)Nc2cc(-c3ccsc3)c(-c3ccc(C4(N)CC(C)(O)C4)cc3)cn2)CC1. The number of thiophene rings is 1. The van der Waals surface area contributed by atoms with Gasteiger partial charge in [0.2, 0.25) is 11.8 Å². The molecule has 2 aromatic heterocycles. The van der Waals surface area contributed by atoms with Gasteiger partial charge in [0.1, 0.15) is 5.82 Å². The lowest BCUT2D eigenvalue weighted by Gasteiger charge is -2.49. The van der Waals surface area contributed by atoms with Gasteiger partial charge in [-0.25, -0.2) is 4.98 Å². The number of carbonyl (C=O) groups excluding carboxylic acids is 2. The van der Waals surface area contributed by atoms with Crippen LogP contribution in [0.4, 0.5) is 5.82 Å². The molecule has 2 aliphatic rings. The predicted octanol–water partition coefficient (Wildman–Crippen LogP) is 5.93. The van der Waals surface area contributed by atoms with Crippen molar-refractivity contribution in [3.05, 3.63) is 58.9 Å². The Morgan fingerprint density at radius 1 is 1.10 bits per heavy atom. The number of rotatable bonds is 8. The Bertz CT molecular complexity index is 1340. The number of nitrogens with two attached hydrogens (primary N) is 1. The molecule has 5 rings (SSSR count). The maximum atomic E-state index is 13.0. The third-order valence-corrected chi connectivity index (χ3v) is 9.38. The molecule has 0 unspecified atom stereocenters. The molecule has 2 saturated carbocycles. The van der Waals surface area contributed by atoms with Crippen LogP contribution in [0.5, 0.6) is 0 Å². The standard InChI is InChI=1S/C32H40N4O3S/c1-4-30(38)36(3)25-11-5-21(6-12-25)15-29(37)35-28-16-26(23-13-14-40-18-23)27(17-34-28)22-7-9-24(10-8-22)32(33)19-31(2,39)20-32/h7-10,13-14,16-18,21,25,39H,4-6,11-12,15,19-20,33H2,1-3H3,(H,34,35,37). The molecule has 0 atom stereocenters. The summed E-state index contributed by atoms with van der Waals surface area (Å²) in [6.45, 7) is 3.72. The summed E-state index contributed by atoms with van der Waals surface area (Å²) in [4.78, 5) is 31.5. The Balaban J connectivity index is 1.26. The van der Waals surface area contributed by atoms with E-state index in [-0.39, 0.29) is 17.9 Å². The van der Waals surface area contributed by atoms with E-state index in [0.717, 1.165) is 53.5 Å². The Kier molecular flexibility index (Phi) is 8.13. The van der Waals surface area contributed by atoms with E-state index in [1.54, 1.807) is 11.3 Å². The van der Waals surface area contributed by atoms with Gasteiger partial charge in [-0.15, -0.1) is 0 Å². The minimum Gasteiger partial charge on any atom is -0.390 e. The molecular formula is C32H40N4O3S. The summed E-state index contributed by atoms with van der Waals surface area (Å²) in [5.41, 5.74) is 10.5. The molecule has 7 nitrogen and oxygen atoms in total. The lowest BCUT2D eigenvalue weighted by Crippen LogP contribution is -2.58.